The third kappa shape index (κ3) is 4.47. The second kappa shape index (κ2) is 9.60. The van der Waals surface area contributed by atoms with Crippen molar-refractivity contribution >= 4 is 5.91 Å². The fourth-order valence-electron chi connectivity index (χ4n) is 5.31. The zero-order chi connectivity index (χ0) is 21.1. The Bertz CT molecular complexity index is 790. The number of aromatic nitrogens is 2. The number of rotatable bonds is 5. The first-order valence-electron chi connectivity index (χ1n) is 11.8. The van der Waals surface area contributed by atoms with Crippen molar-refractivity contribution in [1.82, 2.24) is 19.8 Å². The van der Waals surface area contributed by atoms with Gasteiger partial charge in [-0.2, -0.15) is 0 Å². The van der Waals surface area contributed by atoms with Crippen molar-refractivity contribution in [2.24, 2.45) is 5.92 Å². The molecule has 0 radical (unpaired) electrons. The summed E-state index contributed by atoms with van der Waals surface area (Å²) in [5.74, 6) is 1.40. The largest absolute Gasteiger partial charge is 0.381 e. The van der Waals surface area contributed by atoms with Gasteiger partial charge in [0.05, 0.1) is 17.8 Å². The first kappa shape index (κ1) is 21.5. The van der Waals surface area contributed by atoms with Gasteiger partial charge in [0, 0.05) is 44.1 Å². The fourth-order valence-corrected chi connectivity index (χ4v) is 5.31. The van der Waals surface area contributed by atoms with Crippen LogP contribution in [0.25, 0.3) is 0 Å². The van der Waals surface area contributed by atoms with Crippen LogP contribution in [-0.2, 0) is 22.5 Å². The van der Waals surface area contributed by atoms with Crippen LogP contribution in [-0.4, -0.2) is 64.6 Å². The van der Waals surface area contributed by atoms with Gasteiger partial charge < -0.3 is 19.5 Å². The number of H-pyrrole nitrogens is 1. The number of likely N-dealkylation sites (tertiary alicyclic amines) is 1. The Morgan fingerprint density at radius 1 is 1.13 bits per heavy atom. The van der Waals surface area contributed by atoms with E-state index < -0.39 is 0 Å². The average molecular weight is 417 g/mol. The number of amides is 1. The van der Waals surface area contributed by atoms with Crippen LogP contribution in [0.1, 0.15) is 75.4 Å². The maximum Gasteiger partial charge on any atom is 0.256 e. The lowest BCUT2D eigenvalue weighted by Crippen LogP contribution is -2.44. The number of fused-ring (bicyclic) bond motifs is 1. The average Bonchev–Trinajstić information content (AvgIpc) is 2.80. The van der Waals surface area contributed by atoms with Crippen molar-refractivity contribution in [2.75, 3.05) is 32.8 Å². The quantitative estimate of drug-likeness (QED) is 0.798. The standard InChI is InChI=1S/C23H36N4O3/c1-3-16(4-2)23(29)27-12-7-20-19(15-27)22(28)25-21(24-20)17-5-10-26(11-6-17)18-8-13-30-14-9-18/h16-18H,3-15H2,1-2H3,(H,24,25,28). The van der Waals surface area contributed by atoms with Crippen LogP contribution in [0.15, 0.2) is 4.79 Å². The maximum atomic E-state index is 12.9. The molecular weight excluding hydrogens is 380 g/mol. The molecule has 1 aromatic heterocycles. The van der Waals surface area contributed by atoms with E-state index in [2.05, 4.69) is 23.7 Å². The molecule has 0 aromatic carbocycles. The number of carbonyl (C=O) groups excluding carboxylic acids is 1. The number of piperidine rings is 1. The Balaban J connectivity index is 1.41. The predicted molar refractivity (Wildman–Crippen MR) is 115 cm³/mol. The summed E-state index contributed by atoms with van der Waals surface area (Å²) >= 11 is 0. The molecule has 0 aliphatic carbocycles. The van der Waals surface area contributed by atoms with Gasteiger partial charge >= 0.3 is 0 Å². The van der Waals surface area contributed by atoms with Crippen molar-refractivity contribution in [1.29, 1.82) is 0 Å². The van der Waals surface area contributed by atoms with Gasteiger partial charge in [0.15, 0.2) is 0 Å². The van der Waals surface area contributed by atoms with Crippen molar-refractivity contribution in [3.63, 3.8) is 0 Å². The predicted octanol–water partition coefficient (Wildman–Crippen LogP) is 2.45. The van der Waals surface area contributed by atoms with Crippen LogP contribution in [0.2, 0.25) is 0 Å². The second-order valence-corrected chi connectivity index (χ2v) is 9.05. The molecule has 0 saturated carbocycles. The minimum atomic E-state index is -0.0519. The molecule has 2 fully saturated rings. The molecular formula is C23H36N4O3. The van der Waals surface area contributed by atoms with Crippen LogP contribution >= 0.6 is 0 Å². The van der Waals surface area contributed by atoms with E-state index in [0.29, 0.717) is 37.0 Å². The summed E-state index contributed by atoms with van der Waals surface area (Å²) in [6, 6.07) is 0.647. The Labute approximate surface area is 179 Å². The molecule has 2 saturated heterocycles. The van der Waals surface area contributed by atoms with Gasteiger partial charge in [0.25, 0.3) is 5.56 Å². The van der Waals surface area contributed by atoms with Gasteiger partial charge in [0.1, 0.15) is 5.82 Å². The molecule has 0 atom stereocenters. The summed E-state index contributed by atoms with van der Waals surface area (Å²) in [6.45, 7) is 9.05. The van der Waals surface area contributed by atoms with Crippen LogP contribution in [0, 0.1) is 5.92 Å². The zero-order valence-corrected chi connectivity index (χ0v) is 18.5. The monoisotopic (exact) mass is 416 g/mol. The molecule has 3 aliphatic rings. The van der Waals surface area contributed by atoms with Crippen molar-refractivity contribution in [3.05, 3.63) is 27.4 Å². The Kier molecular flexibility index (Phi) is 6.88. The van der Waals surface area contributed by atoms with E-state index in [9.17, 15) is 9.59 Å². The molecule has 4 heterocycles. The summed E-state index contributed by atoms with van der Waals surface area (Å²) < 4.78 is 5.49. The number of aromatic amines is 1. The topological polar surface area (TPSA) is 78.5 Å². The number of hydrogen-bond donors (Lipinski definition) is 1. The Morgan fingerprint density at radius 3 is 2.50 bits per heavy atom. The highest BCUT2D eigenvalue weighted by Gasteiger charge is 2.31. The summed E-state index contributed by atoms with van der Waals surface area (Å²) in [6.07, 6.45) is 6.71. The van der Waals surface area contributed by atoms with Crippen LogP contribution in [0.3, 0.4) is 0 Å². The summed E-state index contributed by atoms with van der Waals surface area (Å²) in [5.41, 5.74) is 1.53. The first-order chi connectivity index (χ1) is 14.6. The lowest BCUT2D eigenvalue weighted by atomic mass is 9.93. The number of ether oxygens (including phenoxy) is 1. The third-order valence-corrected chi connectivity index (χ3v) is 7.36. The van der Waals surface area contributed by atoms with Crippen molar-refractivity contribution < 1.29 is 9.53 Å². The number of nitrogens with zero attached hydrogens (tertiary/aromatic N) is 3. The highest BCUT2D eigenvalue weighted by Crippen LogP contribution is 2.29. The minimum absolute atomic E-state index is 0.0519. The number of hydrogen-bond acceptors (Lipinski definition) is 5. The van der Waals surface area contributed by atoms with Gasteiger partial charge in [-0.05, 0) is 51.6 Å². The molecule has 30 heavy (non-hydrogen) atoms. The van der Waals surface area contributed by atoms with E-state index in [0.717, 1.165) is 76.3 Å². The molecule has 0 unspecified atom stereocenters. The fraction of sp³-hybridized carbons (Fsp3) is 0.783. The van der Waals surface area contributed by atoms with E-state index in [-0.39, 0.29) is 17.4 Å². The molecule has 166 valence electrons. The van der Waals surface area contributed by atoms with Crippen LogP contribution < -0.4 is 5.56 Å². The smallest absolute Gasteiger partial charge is 0.256 e. The SMILES string of the molecule is CCC(CC)C(=O)N1CCc2nc(C3CCN(C4CCOCC4)CC3)[nH]c(=O)c2C1. The van der Waals surface area contributed by atoms with E-state index in [1.165, 1.54) is 0 Å². The molecule has 0 bridgehead atoms. The summed E-state index contributed by atoms with van der Waals surface area (Å²) in [4.78, 5) is 38.0. The van der Waals surface area contributed by atoms with Crippen LogP contribution in [0.5, 0.6) is 0 Å². The molecule has 3 aliphatic heterocycles. The summed E-state index contributed by atoms with van der Waals surface area (Å²) in [5, 5.41) is 0. The van der Waals surface area contributed by atoms with E-state index in [4.69, 9.17) is 9.72 Å². The second-order valence-electron chi connectivity index (χ2n) is 9.05. The third-order valence-electron chi connectivity index (χ3n) is 7.36. The highest BCUT2D eigenvalue weighted by atomic mass is 16.5. The lowest BCUT2D eigenvalue weighted by molar-refractivity contribution is -0.136. The number of carbonyl (C=O) groups is 1. The lowest BCUT2D eigenvalue weighted by Gasteiger charge is -2.39. The number of nitrogens with one attached hydrogen (secondary N) is 1. The van der Waals surface area contributed by atoms with Crippen molar-refractivity contribution in [3.8, 4) is 0 Å². The highest BCUT2D eigenvalue weighted by molar-refractivity contribution is 5.79. The molecule has 1 N–H and O–H groups in total. The zero-order valence-electron chi connectivity index (χ0n) is 18.5. The van der Waals surface area contributed by atoms with Crippen LogP contribution in [0.4, 0.5) is 0 Å². The van der Waals surface area contributed by atoms with E-state index in [1.54, 1.807) is 0 Å². The van der Waals surface area contributed by atoms with Gasteiger partial charge in [-0.25, -0.2) is 4.98 Å². The Morgan fingerprint density at radius 2 is 1.83 bits per heavy atom. The molecule has 1 amide bonds. The van der Waals surface area contributed by atoms with Gasteiger partial charge in [-0.1, -0.05) is 13.8 Å². The van der Waals surface area contributed by atoms with Crippen molar-refractivity contribution in [2.45, 2.75) is 77.3 Å². The maximum absolute atomic E-state index is 12.9. The van der Waals surface area contributed by atoms with Gasteiger partial charge in [-0.3, -0.25) is 9.59 Å². The molecule has 7 nitrogen and oxygen atoms in total. The van der Waals surface area contributed by atoms with Gasteiger partial charge in [0.2, 0.25) is 5.91 Å². The van der Waals surface area contributed by atoms with Gasteiger partial charge in [-0.15, -0.1) is 0 Å². The molecule has 4 rings (SSSR count). The molecule has 1 aromatic rings. The normalized spacial score (nSPS) is 21.8. The minimum Gasteiger partial charge on any atom is -0.381 e. The van der Waals surface area contributed by atoms with E-state index >= 15 is 0 Å². The molecule has 7 heteroatoms. The molecule has 0 spiro atoms. The Hall–Kier alpha value is -1.73. The summed E-state index contributed by atoms with van der Waals surface area (Å²) in [7, 11) is 0. The van der Waals surface area contributed by atoms with E-state index in [1.807, 2.05) is 4.90 Å². The first-order valence-corrected chi connectivity index (χ1v) is 11.8.